The second-order valence-corrected chi connectivity index (χ2v) is 5.47. The molecule has 1 aromatic rings. The lowest BCUT2D eigenvalue weighted by Gasteiger charge is -2.38. The average Bonchev–Trinajstić information content (AvgIpc) is 3.15. The molecule has 0 aromatic carbocycles. The SMILES string of the molecule is CN1CCN(C(=O)c2n[nH]c(C3CC3)n2)C(CN)C1. The van der Waals surface area contributed by atoms with Gasteiger partial charge in [-0.25, -0.2) is 4.98 Å². The number of aromatic nitrogens is 3. The summed E-state index contributed by atoms with van der Waals surface area (Å²) in [6.07, 6.45) is 2.28. The van der Waals surface area contributed by atoms with Gasteiger partial charge in [0.15, 0.2) is 0 Å². The van der Waals surface area contributed by atoms with Crippen LogP contribution in [0.2, 0.25) is 0 Å². The Bertz CT molecular complexity index is 469. The zero-order valence-corrected chi connectivity index (χ0v) is 11.2. The highest BCUT2D eigenvalue weighted by molar-refractivity contribution is 5.90. The number of likely N-dealkylation sites (N-methyl/N-ethyl adjacent to an activating group) is 1. The summed E-state index contributed by atoms with van der Waals surface area (Å²) >= 11 is 0. The van der Waals surface area contributed by atoms with E-state index in [1.165, 1.54) is 0 Å². The monoisotopic (exact) mass is 264 g/mol. The van der Waals surface area contributed by atoms with Crippen LogP contribution in [0.25, 0.3) is 0 Å². The first-order valence-corrected chi connectivity index (χ1v) is 6.81. The van der Waals surface area contributed by atoms with Crippen molar-refractivity contribution in [2.75, 3.05) is 33.2 Å². The van der Waals surface area contributed by atoms with E-state index in [4.69, 9.17) is 5.73 Å². The molecule has 7 heteroatoms. The van der Waals surface area contributed by atoms with Gasteiger partial charge in [-0.2, -0.15) is 0 Å². The van der Waals surface area contributed by atoms with E-state index in [0.29, 0.717) is 19.0 Å². The smallest absolute Gasteiger partial charge is 0.293 e. The first-order valence-electron chi connectivity index (χ1n) is 6.81. The lowest BCUT2D eigenvalue weighted by Crippen LogP contribution is -2.56. The lowest BCUT2D eigenvalue weighted by molar-refractivity contribution is 0.0504. The molecular formula is C12H20N6O. The summed E-state index contributed by atoms with van der Waals surface area (Å²) < 4.78 is 0. The van der Waals surface area contributed by atoms with Crippen LogP contribution in [0.1, 0.15) is 35.2 Å². The molecule has 1 atom stereocenters. The lowest BCUT2D eigenvalue weighted by atomic mass is 10.1. The van der Waals surface area contributed by atoms with Gasteiger partial charge in [0.1, 0.15) is 5.82 Å². The number of nitrogens with zero attached hydrogens (tertiary/aromatic N) is 4. The summed E-state index contributed by atoms with van der Waals surface area (Å²) in [4.78, 5) is 20.8. The normalized spacial score (nSPS) is 24.7. The topological polar surface area (TPSA) is 91.1 Å². The largest absolute Gasteiger partial charge is 0.329 e. The van der Waals surface area contributed by atoms with E-state index in [0.717, 1.165) is 31.8 Å². The fraction of sp³-hybridized carbons (Fsp3) is 0.750. The molecule has 7 nitrogen and oxygen atoms in total. The summed E-state index contributed by atoms with van der Waals surface area (Å²) in [5.41, 5.74) is 5.77. The highest BCUT2D eigenvalue weighted by atomic mass is 16.2. The highest BCUT2D eigenvalue weighted by Gasteiger charge is 2.32. The van der Waals surface area contributed by atoms with Crippen LogP contribution < -0.4 is 5.73 Å². The van der Waals surface area contributed by atoms with Gasteiger partial charge in [0, 0.05) is 32.1 Å². The molecule has 0 spiro atoms. The van der Waals surface area contributed by atoms with Crippen molar-refractivity contribution in [3.05, 3.63) is 11.6 Å². The molecule has 19 heavy (non-hydrogen) atoms. The van der Waals surface area contributed by atoms with E-state index in [1.54, 1.807) is 4.90 Å². The molecule has 1 aliphatic carbocycles. The van der Waals surface area contributed by atoms with Gasteiger partial charge < -0.3 is 15.5 Å². The summed E-state index contributed by atoms with van der Waals surface area (Å²) in [6, 6.07) is 0.0501. The third kappa shape index (κ3) is 2.48. The van der Waals surface area contributed by atoms with Crippen LogP contribution in [-0.4, -0.2) is 70.2 Å². The van der Waals surface area contributed by atoms with E-state index in [2.05, 4.69) is 20.1 Å². The number of amides is 1. The standard InChI is InChI=1S/C12H20N6O/c1-17-4-5-18(9(6-13)7-17)12(19)11-14-10(15-16-11)8-2-3-8/h8-9H,2-7,13H2,1H3,(H,14,15,16). The van der Waals surface area contributed by atoms with E-state index >= 15 is 0 Å². The van der Waals surface area contributed by atoms with Gasteiger partial charge in [0.25, 0.3) is 5.91 Å². The molecule has 1 unspecified atom stereocenters. The minimum atomic E-state index is -0.105. The van der Waals surface area contributed by atoms with E-state index in [9.17, 15) is 4.79 Å². The number of hydrogen-bond donors (Lipinski definition) is 2. The molecule has 104 valence electrons. The molecule has 2 fully saturated rings. The van der Waals surface area contributed by atoms with Crippen LogP contribution in [0.5, 0.6) is 0 Å². The molecule has 0 bridgehead atoms. The molecule has 3 rings (SSSR count). The van der Waals surface area contributed by atoms with Crippen molar-refractivity contribution in [1.82, 2.24) is 25.0 Å². The molecule has 1 amide bonds. The maximum Gasteiger partial charge on any atom is 0.293 e. The quantitative estimate of drug-likeness (QED) is 0.760. The van der Waals surface area contributed by atoms with Crippen molar-refractivity contribution < 1.29 is 4.79 Å². The number of hydrogen-bond acceptors (Lipinski definition) is 5. The summed E-state index contributed by atoms with van der Waals surface area (Å²) in [5, 5.41) is 6.94. The Morgan fingerprint density at radius 1 is 1.47 bits per heavy atom. The zero-order chi connectivity index (χ0) is 13.4. The van der Waals surface area contributed by atoms with E-state index in [-0.39, 0.29) is 17.8 Å². The molecule has 1 aromatic heterocycles. The van der Waals surface area contributed by atoms with E-state index in [1.807, 2.05) is 7.05 Å². The maximum atomic E-state index is 12.4. The Kier molecular flexibility index (Phi) is 3.24. The number of piperazine rings is 1. The van der Waals surface area contributed by atoms with E-state index < -0.39 is 0 Å². The number of carbonyl (C=O) groups excluding carboxylic acids is 1. The van der Waals surface area contributed by atoms with Crippen molar-refractivity contribution >= 4 is 5.91 Å². The Morgan fingerprint density at radius 3 is 2.95 bits per heavy atom. The molecule has 2 aliphatic rings. The Morgan fingerprint density at radius 2 is 2.26 bits per heavy atom. The van der Waals surface area contributed by atoms with Crippen molar-refractivity contribution in [3.8, 4) is 0 Å². The van der Waals surface area contributed by atoms with Gasteiger partial charge in [0.05, 0.1) is 6.04 Å². The van der Waals surface area contributed by atoms with Crippen molar-refractivity contribution in [2.45, 2.75) is 24.8 Å². The van der Waals surface area contributed by atoms with Gasteiger partial charge in [-0.15, -0.1) is 5.10 Å². The van der Waals surface area contributed by atoms with Crippen LogP contribution >= 0.6 is 0 Å². The molecule has 2 heterocycles. The van der Waals surface area contributed by atoms with Crippen LogP contribution in [0.15, 0.2) is 0 Å². The minimum absolute atomic E-state index is 0.0501. The number of nitrogens with one attached hydrogen (secondary N) is 1. The predicted octanol–water partition coefficient (Wildman–Crippen LogP) is -0.603. The Hall–Kier alpha value is -1.47. The highest BCUT2D eigenvalue weighted by Crippen LogP contribution is 2.37. The number of H-pyrrole nitrogens is 1. The van der Waals surface area contributed by atoms with Crippen LogP contribution in [0, 0.1) is 0 Å². The van der Waals surface area contributed by atoms with Gasteiger partial charge in [-0.3, -0.25) is 9.89 Å². The first-order chi connectivity index (χ1) is 9.19. The number of rotatable bonds is 3. The summed E-state index contributed by atoms with van der Waals surface area (Å²) in [5.74, 6) is 1.50. The van der Waals surface area contributed by atoms with Gasteiger partial charge in [-0.05, 0) is 19.9 Å². The first kappa shape index (κ1) is 12.6. The average molecular weight is 264 g/mol. The van der Waals surface area contributed by atoms with Crippen LogP contribution in [0.3, 0.4) is 0 Å². The fourth-order valence-electron chi connectivity index (χ4n) is 2.52. The number of aromatic amines is 1. The second-order valence-electron chi connectivity index (χ2n) is 5.47. The minimum Gasteiger partial charge on any atom is -0.329 e. The summed E-state index contributed by atoms with van der Waals surface area (Å²) in [6.45, 7) is 2.82. The van der Waals surface area contributed by atoms with Gasteiger partial charge in [0.2, 0.25) is 5.82 Å². The van der Waals surface area contributed by atoms with Crippen molar-refractivity contribution in [2.24, 2.45) is 5.73 Å². The Labute approximate surface area is 112 Å². The van der Waals surface area contributed by atoms with Crippen molar-refractivity contribution in [3.63, 3.8) is 0 Å². The Balaban J connectivity index is 1.73. The maximum absolute atomic E-state index is 12.4. The second kappa shape index (κ2) is 4.90. The van der Waals surface area contributed by atoms with Gasteiger partial charge >= 0.3 is 0 Å². The molecule has 1 saturated carbocycles. The fourth-order valence-corrected chi connectivity index (χ4v) is 2.52. The molecule has 1 saturated heterocycles. The zero-order valence-electron chi connectivity index (χ0n) is 11.2. The predicted molar refractivity (Wildman–Crippen MR) is 69.7 cm³/mol. The van der Waals surface area contributed by atoms with Gasteiger partial charge in [-0.1, -0.05) is 0 Å². The molecule has 3 N–H and O–H groups in total. The van der Waals surface area contributed by atoms with Crippen molar-refractivity contribution in [1.29, 1.82) is 0 Å². The summed E-state index contributed by atoms with van der Waals surface area (Å²) in [7, 11) is 2.04. The third-order valence-corrected chi connectivity index (χ3v) is 3.88. The number of nitrogens with two attached hydrogens (primary N) is 1. The molecule has 1 aliphatic heterocycles. The van der Waals surface area contributed by atoms with Crippen LogP contribution in [0.4, 0.5) is 0 Å². The number of carbonyl (C=O) groups is 1. The molecule has 0 radical (unpaired) electrons. The van der Waals surface area contributed by atoms with Crippen LogP contribution in [-0.2, 0) is 0 Å². The molecular weight excluding hydrogens is 244 g/mol. The third-order valence-electron chi connectivity index (χ3n) is 3.88.